The van der Waals surface area contributed by atoms with Crippen LogP contribution in [-0.2, 0) is 25.8 Å². The minimum absolute atomic E-state index is 0. The van der Waals surface area contributed by atoms with E-state index in [0.717, 1.165) is 36.7 Å². The molecule has 0 bridgehead atoms. The summed E-state index contributed by atoms with van der Waals surface area (Å²) in [4.78, 5) is 18.6. The van der Waals surface area contributed by atoms with Crippen molar-refractivity contribution < 1.29 is 33.7 Å². The summed E-state index contributed by atoms with van der Waals surface area (Å²) in [5.74, 6) is -3.45. The Bertz CT molecular complexity index is 1120. The zero-order valence-electron chi connectivity index (χ0n) is 18.1. The van der Waals surface area contributed by atoms with Crippen molar-refractivity contribution in [1.82, 2.24) is 5.32 Å². The highest BCUT2D eigenvalue weighted by Gasteiger charge is 2.14. The Hall–Kier alpha value is -3.27. The van der Waals surface area contributed by atoms with Gasteiger partial charge in [0.1, 0.15) is 0 Å². The van der Waals surface area contributed by atoms with Crippen LogP contribution in [0.5, 0.6) is 0 Å². The molecule has 0 aromatic heterocycles. The third-order valence-corrected chi connectivity index (χ3v) is 6.51. The molecular weight excluding hydrogens is 446 g/mol. The second kappa shape index (κ2) is 14.0. The molecule has 33 heavy (non-hydrogen) atoms. The van der Waals surface area contributed by atoms with E-state index in [4.69, 9.17) is 19.8 Å². The molecule has 3 rings (SSSR count). The van der Waals surface area contributed by atoms with Crippen LogP contribution < -0.4 is 5.32 Å². The lowest BCUT2D eigenvalue weighted by molar-refractivity contribution is -0.159. The van der Waals surface area contributed by atoms with Gasteiger partial charge >= 0.3 is 11.9 Å². The number of hydrogen-bond acceptors (Lipinski definition) is 5. The van der Waals surface area contributed by atoms with E-state index in [1.807, 2.05) is 48.5 Å². The maximum atomic E-state index is 12.5. The quantitative estimate of drug-likeness (QED) is 0.318. The monoisotopic (exact) mass is 475 g/mol. The summed E-state index contributed by atoms with van der Waals surface area (Å²) in [6.45, 7) is 1.77. The van der Waals surface area contributed by atoms with E-state index in [-0.39, 0.29) is 11.2 Å². The van der Waals surface area contributed by atoms with Crippen molar-refractivity contribution in [2.45, 2.75) is 24.2 Å². The Morgan fingerprint density at radius 2 is 1.36 bits per heavy atom. The van der Waals surface area contributed by atoms with Gasteiger partial charge < -0.3 is 21.0 Å². The molecule has 0 saturated carbocycles. The van der Waals surface area contributed by atoms with Gasteiger partial charge in [-0.05, 0) is 60.8 Å². The SMILES string of the molecule is O.O=C(O)C(=O)O.O=S(=O)(CCCCNCCc1ccccc1)c1ccc2ccccc2c1. The van der Waals surface area contributed by atoms with Crippen LogP contribution >= 0.6 is 0 Å². The molecule has 0 atom stereocenters. The van der Waals surface area contributed by atoms with E-state index in [9.17, 15) is 8.42 Å². The summed E-state index contributed by atoms with van der Waals surface area (Å²) in [5, 5.41) is 20.2. The van der Waals surface area contributed by atoms with Crippen LogP contribution in [-0.4, -0.2) is 54.9 Å². The van der Waals surface area contributed by atoms with Crippen LogP contribution in [0.4, 0.5) is 0 Å². The standard InChI is InChI=1S/C22H25NO2S.C2H2O4.H2O/c24-26(25,22-13-12-20-10-4-5-11-21(20)18-22)17-7-6-15-23-16-14-19-8-2-1-3-9-19;3-1(4)2(5)6;/h1-5,8-13,18,23H,6-7,14-17H2;(H,3,4)(H,5,6);1H2. The molecule has 0 aliphatic heterocycles. The van der Waals surface area contributed by atoms with Crippen LogP contribution in [0.15, 0.2) is 77.7 Å². The largest absolute Gasteiger partial charge is 0.473 e. The van der Waals surface area contributed by atoms with Crippen molar-refractivity contribution in [3.05, 3.63) is 78.4 Å². The first-order valence-electron chi connectivity index (χ1n) is 10.2. The number of sulfone groups is 1. The fourth-order valence-electron chi connectivity index (χ4n) is 3.02. The summed E-state index contributed by atoms with van der Waals surface area (Å²) < 4.78 is 25.1. The molecule has 3 aromatic rings. The molecule has 5 N–H and O–H groups in total. The number of unbranched alkanes of at least 4 members (excludes halogenated alkanes) is 1. The maximum absolute atomic E-state index is 12.5. The number of aliphatic carboxylic acids is 2. The minimum Gasteiger partial charge on any atom is -0.473 e. The molecule has 0 saturated heterocycles. The van der Waals surface area contributed by atoms with E-state index < -0.39 is 21.8 Å². The molecule has 8 nitrogen and oxygen atoms in total. The van der Waals surface area contributed by atoms with Gasteiger partial charge in [-0.3, -0.25) is 0 Å². The average Bonchev–Trinajstić information content (AvgIpc) is 2.79. The molecule has 0 fully saturated rings. The number of benzene rings is 3. The molecule has 0 amide bonds. The summed E-state index contributed by atoms with van der Waals surface area (Å²) in [7, 11) is -3.22. The first-order chi connectivity index (χ1) is 15.3. The second-order valence-electron chi connectivity index (χ2n) is 7.13. The number of nitrogens with one attached hydrogen (secondary N) is 1. The highest BCUT2D eigenvalue weighted by Crippen LogP contribution is 2.20. The molecular formula is C24H29NO7S. The molecule has 0 radical (unpaired) electrons. The Morgan fingerprint density at radius 3 is 2.00 bits per heavy atom. The summed E-state index contributed by atoms with van der Waals surface area (Å²) in [6.07, 6.45) is 2.53. The average molecular weight is 476 g/mol. The Balaban J connectivity index is 0.000000691. The van der Waals surface area contributed by atoms with Crippen LogP contribution in [0.1, 0.15) is 18.4 Å². The van der Waals surface area contributed by atoms with Crippen molar-refractivity contribution in [1.29, 1.82) is 0 Å². The van der Waals surface area contributed by atoms with Crippen molar-refractivity contribution in [2.24, 2.45) is 0 Å². The smallest absolute Gasteiger partial charge is 0.414 e. The van der Waals surface area contributed by atoms with Crippen molar-refractivity contribution in [3.63, 3.8) is 0 Å². The van der Waals surface area contributed by atoms with E-state index in [0.29, 0.717) is 11.3 Å². The van der Waals surface area contributed by atoms with E-state index in [1.54, 1.807) is 12.1 Å². The molecule has 0 aliphatic carbocycles. The minimum atomic E-state index is -3.22. The van der Waals surface area contributed by atoms with Gasteiger partial charge in [-0.1, -0.05) is 60.7 Å². The number of hydrogen-bond donors (Lipinski definition) is 3. The number of rotatable bonds is 9. The molecule has 3 aromatic carbocycles. The molecule has 178 valence electrons. The van der Waals surface area contributed by atoms with Crippen molar-refractivity contribution in [3.8, 4) is 0 Å². The van der Waals surface area contributed by atoms with Crippen LogP contribution in [0.25, 0.3) is 10.8 Å². The summed E-state index contributed by atoms with van der Waals surface area (Å²) >= 11 is 0. The fraction of sp³-hybridized carbons (Fsp3) is 0.250. The van der Waals surface area contributed by atoms with E-state index in [1.165, 1.54) is 5.56 Å². The zero-order valence-corrected chi connectivity index (χ0v) is 18.9. The second-order valence-corrected chi connectivity index (χ2v) is 9.24. The maximum Gasteiger partial charge on any atom is 0.414 e. The zero-order chi connectivity index (χ0) is 23.4. The number of fused-ring (bicyclic) bond motifs is 1. The highest BCUT2D eigenvalue weighted by molar-refractivity contribution is 7.91. The van der Waals surface area contributed by atoms with Gasteiger partial charge in [-0.2, -0.15) is 0 Å². The highest BCUT2D eigenvalue weighted by atomic mass is 32.2. The first-order valence-corrected chi connectivity index (χ1v) is 11.9. The lowest BCUT2D eigenvalue weighted by Gasteiger charge is -2.07. The lowest BCUT2D eigenvalue weighted by atomic mass is 10.1. The Morgan fingerprint density at radius 1 is 0.758 bits per heavy atom. The van der Waals surface area contributed by atoms with Gasteiger partial charge in [0, 0.05) is 0 Å². The van der Waals surface area contributed by atoms with Crippen LogP contribution in [0.2, 0.25) is 0 Å². The Labute approximate surface area is 193 Å². The normalized spacial score (nSPS) is 10.5. The third-order valence-electron chi connectivity index (χ3n) is 4.71. The molecule has 0 spiro atoms. The summed E-state index contributed by atoms with van der Waals surface area (Å²) in [5.41, 5.74) is 1.32. The van der Waals surface area contributed by atoms with E-state index in [2.05, 4.69) is 17.4 Å². The molecule has 0 aliphatic rings. The van der Waals surface area contributed by atoms with E-state index >= 15 is 0 Å². The molecule has 9 heteroatoms. The Kier molecular flexibility index (Phi) is 11.8. The predicted molar refractivity (Wildman–Crippen MR) is 127 cm³/mol. The number of carbonyl (C=O) groups is 2. The summed E-state index contributed by atoms with van der Waals surface area (Å²) in [6, 6.07) is 23.6. The first kappa shape index (κ1) is 27.8. The van der Waals surface area contributed by atoms with Crippen LogP contribution in [0.3, 0.4) is 0 Å². The van der Waals surface area contributed by atoms with Crippen molar-refractivity contribution >= 4 is 32.5 Å². The van der Waals surface area contributed by atoms with Crippen LogP contribution in [0, 0.1) is 0 Å². The van der Waals surface area contributed by atoms with Gasteiger partial charge in [0.25, 0.3) is 0 Å². The predicted octanol–water partition coefficient (Wildman–Crippen LogP) is 2.56. The number of carboxylic acids is 2. The van der Waals surface area contributed by atoms with Gasteiger partial charge in [-0.25, -0.2) is 18.0 Å². The lowest BCUT2D eigenvalue weighted by Crippen LogP contribution is -2.19. The number of carboxylic acid groups (broad SMARTS) is 2. The molecule has 0 unspecified atom stereocenters. The third kappa shape index (κ3) is 9.82. The van der Waals surface area contributed by atoms with Gasteiger partial charge in [-0.15, -0.1) is 0 Å². The van der Waals surface area contributed by atoms with Gasteiger partial charge in [0.2, 0.25) is 0 Å². The van der Waals surface area contributed by atoms with Gasteiger partial charge in [0.05, 0.1) is 10.6 Å². The molecule has 0 heterocycles. The van der Waals surface area contributed by atoms with Gasteiger partial charge in [0.15, 0.2) is 9.84 Å². The fourth-order valence-corrected chi connectivity index (χ4v) is 4.42. The topological polar surface area (TPSA) is 152 Å². The van der Waals surface area contributed by atoms with Crippen molar-refractivity contribution in [2.75, 3.05) is 18.8 Å².